The largest absolute Gasteiger partial charge is 0.391 e. The average Bonchev–Trinajstić information content (AvgIpc) is 3.21. The van der Waals surface area contributed by atoms with Crippen LogP contribution in [0, 0.1) is 12.8 Å². The Hall–Kier alpha value is -2.11. The van der Waals surface area contributed by atoms with Gasteiger partial charge in [-0.15, -0.1) is 0 Å². The van der Waals surface area contributed by atoms with E-state index >= 15 is 0 Å². The van der Waals surface area contributed by atoms with Crippen molar-refractivity contribution in [1.29, 1.82) is 0 Å². The molecule has 24 heavy (non-hydrogen) atoms. The highest BCUT2D eigenvalue weighted by molar-refractivity contribution is 5.80. The molecule has 1 aliphatic rings. The highest BCUT2D eigenvalue weighted by Gasteiger charge is 2.31. The van der Waals surface area contributed by atoms with E-state index in [2.05, 4.69) is 63.2 Å². The van der Waals surface area contributed by atoms with Gasteiger partial charge in [0.15, 0.2) is 0 Å². The van der Waals surface area contributed by atoms with Crippen molar-refractivity contribution in [1.82, 2.24) is 19.7 Å². The van der Waals surface area contributed by atoms with Crippen molar-refractivity contribution in [2.75, 3.05) is 13.1 Å². The average molecular weight is 324 g/mol. The summed E-state index contributed by atoms with van der Waals surface area (Å²) in [5, 5.41) is 19.0. The molecule has 2 aromatic heterocycles. The van der Waals surface area contributed by atoms with E-state index in [1.54, 1.807) is 0 Å². The number of nitrogens with zero attached hydrogens (tertiary/aromatic N) is 3. The zero-order chi connectivity index (χ0) is 16.7. The molecule has 0 spiro atoms. The molecule has 0 bridgehead atoms. The minimum atomic E-state index is -0.275. The molecule has 3 aromatic rings. The van der Waals surface area contributed by atoms with Gasteiger partial charge >= 0.3 is 0 Å². The van der Waals surface area contributed by atoms with Gasteiger partial charge in [0.2, 0.25) is 0 Å². The van der Waals surface area contributed by atoms with Gasteiger partial charge in [0.1, 0.15) is 0 Å². The molecule has 1 saturated heterocycles. The van der Waals surface area contributed by atoms with Crippen LogP contribution in [0.5, 0.6) is 0 Å². The molecule has 5 nitrogen and oxygen atoms in total. The summed E-state index contributed by atoms with van der Waals surface area (Å²) in [6.45, 7) is 4.55. The number of aromatic nitrogens is 3. The third-order valence-electron chi connectivity index (χ3n) is 5.07. The number of β-amino-alcohol motifs (C(OH)–C–C–N with tert-alkyl or cyclic N) is 1. The van der Waals surface area contributed by atoms with Gasteiger partial charge in [-0.3, -0.25) is 10.00 Å². The van der Waals surface area contributed by atoms with Crippen LogP contribution in [0.3, 0.4) is 0 Å². The molecule has 1 aliphatic heterocycles. The van der Waals surface area contributed by atoms with E-state index in [0.717, 1.165) is 37.4 Å². The van der Waals surface area contributed by atoms with Crippen LogP contribution in [0.2, 0.25) is 0 Å². The molecule has 4 rings (SSSR count). The number of fused-ring (bicyclic) bond motifs is 1. The van der Waals surface area contributed by atoms with Crippen LogP contribution in [0.1, 0.15) is 17.0 Å². The van der Waals surface area contributed by atoms with Crippen LogP contribution < -0.4 is 0 Å². The smallest absolute Gasteiger partial charge is 0.0711 e. The van der Waals surface area contributed by atoms with Crippen molar-refractivity contribution >= 4 is 10.9 Å². The normalized spacial score (nSPS) is 21.8. The summed E-state index contributed by atoms with van der Waals surface area (Å²) in [7, 11) is 2.07. The predicted octanol–water partition coefficient (Wildman–Crippen LogP) is 2.25. The number of aliphatic hydroxyl groups is 1. The Kier molecular flexibility index (Phi) is 3.90. The quantitative estimate of drug-likeness (QED) is 0.774. The van der Waals surface area contributed by atoms with Crippen molar-refractivity contribution in [2.24, 2.45) is 13.0 Å². The molecule has 2 N–H and O–H groups in total. The molecule has 0 saturated carbocycles. The van der Waals surface area contributed by atoms with Crippen LogP contribution in [-0.4, -0.2) is 44.0 Å². The number of nitrogens with one attached hydrogen (secondary N) is 1. The summed E-state index contributed by atoms with van der Waals surface area (Å²) >= 11 is 0. The lowest BCUT2D eigenvalue weighted by Gasteiger charge is -2.15. The fraction of sp³-hybridized carbons (Fsp3) is 0.421. The maximum atomic E-state index is 10.4. The SMILES string of the molecule is Cc1cc(C[C@@H]2CN(Cc3ccc4c(ccn4C)c3)C[C@@H]2O)n[nH]1. The molecule has 0 aliphatic carbocycles. The Morgan fingerprint density at radius 2 is 2.12 bits per heavy atom. The maximum absolute atomic E-state index is 10.4. The molecule has 5 heteroatoms. The van der Waals surface area contributed by atoms with E-state index in [1.165, 1.54) is 16.5 Å². The lowest BCUT2D eigenvalue weighted by atomic mass is 10.0. The maximum Gasteiger partial charge on any atom is 0.0711 e. The molecule has 1 aromatic carbocycles. The lowest BCUT2D eigenvalue weighted by molar-refractivity contribution is 0.140. The summed E-state index contributed by atoms with van der Waals surface area (Å²) in [6.07, 6.45) is 2.65. The Labute approximate surface area is 141 Å². The number of aromatic amines is 1. The summed E-state index contributed by atoms with van der Waals surface area (Å²) in [5.74, 6) is 0.258. The fourth-order valence-electron chi connectivity index (χ4n) is 3.81. The van der Waals surface area contributed by atoms with Crippen molar-refractivity contribution in [3.8, 4) is 0 Å². The number of aryl methyl sites for hydroxylation is 2. The number of aliphatic hydroxyl groups excluding tert-OH is 1. The van der Waals surface area contributed by atoms with Crippen LogP contribution in [-0.2, 0) is 20.0 Å². The van der Waals surface area contributed by atoms with Gasteiger partial charge in [0, 0.05) is 50.0 Å². The Morgan fingerprint density at radius 3 is 2.92 bits per heavy atom. The van der Waals surface area contributed by atoms with Gasteiger partial charge in [-0.2, -0.15) is 5.10 Å². The molecular weight excluding hydrogens is 300 g/mol. The lowest BCUT2D eigenvalue weighted by Crippen LogP contribution is -2.21. The number of benzene rings is 1. The molecular formula is C19H24N4O. The number of hydrogen-bond donors (Lipinski definition) is 2. The molecule has 0 amide bonds. The van der Waals surface area contributed by atoms with Crippen LogP contribution >= 0.6 is 0 Å². The fourth-order valence-corrected chi connectivity index (χ4v) is 3.81. The van der Waals surface area contributed by atoms with Gasteiger partial charge in [-0.05, 0) is 48.6 Å². The monoisotopic (exact) mass is 324 g/mol. The van der Waals surface area contributed by atoms with E-state index in [4.69, 9.17) is 0 Å². The van der Waals surface area contributed by atoms with Crippen LogP contribution in [0.4, 0.5) is 0 Å². The van der Waals surface area contributed by atoms with Crippen LogP contribution in [0.15, 0.2) is 36.5 Å². The zero-order valence-electron chi connectivity index (χ0n) is 14.2. The van der Waals surface area contributed by atoms with Gasteiger partial charge in [-0.25, -0.2) is 0 Å². The third kappa shape index (κ3) is 2.97. The zero-order valence-corrected chi connectivity index (χ0v) is 14.2. The summed E-state index contributed by atoms with van der Waals surface area (Å²) in [4.78, 5) is 2.35. The first-order valence-electron chi connectivity index (χ1n) is 8.54. The van der Waals surface area contributed by atoms with E-state index in [-0.39, 0.29) is 12.0 Å². The highest BCUT2D eigenvalue weighted by Crippen LogP contribution is 2.24. The van der Waals surface area contributed by atoms with Crippen molar-refractivity contribution in [2.45, 2.75) is 26.0 Å². The van der Waals surface area contributed by atoms with Gasteiger partial charge in [0.25, 0.3) is 0 Å². The first-order valence-corrected chi connectivity index (χ1v) is 8.54. The molecule has 126 valence electrons. The molecule has 0 unspecified atom stereocenters. The van der Waals surface area contributed by atoms with Crippen LogP contribution in [0.25, 0.3) is 10.9 Å². The minimum absolute atomic E-state index is 0.258. The first-order chi connectivity index (χ1) is 11.6. The van der Waals surface area contributed by atoms with Gasteiger partial charge in [-0.1, -0.05) is 6.07 Å². The van der Waals surface area contributed by atoms with E-state index in [0.29, 0.717) is 0 Å². The van der Waals surface area contributed by atoms with Crippen molar-refractivity contribution in [3.05, 3.63) is 53.5 Å². The van der Waals surface area contributed by atoms with E-state index < -0.39 is 0 Å². The second-order valence-electron chi connectivity index (χ2n) is 7.09. The third-order valence-corrected chi connectivity index (χ3v) is 5.07. The van der Waals surface area contributed by atoms with E-state index in [9.17, 15) is 5.11 Å². The van der Waals surface area contributed by atoms with Gasteiger partial charge in [0.05, 0.1) is 11.8 Å². The topological polar surface area (TPSA) is 57.1 Å². The highest BCUT2D eigenvalue weighted by atomic mass is 16.3. The predicted molar refractivity (Wildman–Crippen MR) is 94.7 cm³/mol. The van der Waals surface area contributed by atoms with Gasteiger partial charge < -0.3 is 9.67 Å². The standard InChI is InChI=1S/C19H24N4O/c1-13-7-17(21-20-13)9-16-11-23(12-19(16)24)10-14-3-4-18-15(8-14)5-6-22(18)2/h3-8,16,19,24H,9-12H2,1-2H3,(H,20,21)/t16-,19+/m1/s1. The minimum Gasteiger partial charge on any atom is -0.391 e. The molecule has 3 heterocycles. The molecule has 0 radical (unpaired) electrons. The van der Waals surface area contributed by atoms with Crippen molar-refractivity contribution in [3.63, 3.8) is 0 Å². The molecule has 2 atom stereocenters. The summed E-state index contributed by atoms with van der Waals surface area (Å²) in [6, 6.07) is 10.9. The summed E-state index contributed by atoms with van der Waals surface area (Å²) in [5.41, 5.74) is 4.68. The Balaban J connectivity index is 1.43. The first kappa shape index (κ1) is 15.4. The number of hydrogen-bond acceptors (Lipinski definition) is 3. The number of rotatable bonds is 4. The summed E-state index contributed by atoms with van der Waals surface area (Å²) < 4.78 is 2.14. The number of likely N-dealkylation sites (tertiary alicyclic amines) is 1. The second-order valence-corrected chi connectivity index (χ2v) is 7.09. The second kappa shape index (κ2) is 6.07. The number of H-pyrrole nitrogens is 1. The van der Waals surface area contributed by atoms with E-state index in [1.807, 2.05) is 6.92 Å². The molecule has 1 fully saturated rings. The Bertz CT molecular complexity index is 850. The van der Waals surface area contributed by atoms with Crippen molar-refractivity contribution < 1.29 is 5.11 Å². The Morgan fingerprint density at radius 1 is 1.25 bits per heavy atom.